The standard InChI is InChI=1S/C30H38F3N3O3/c1-2-3-4-5-6-7-8-9-10-11-27-34-29(35-39-27)25-16-12-23(13-17-25)20-36(22-28(37)38)21-24-14-18-26(19-15-24)30(31,32)33/h12-19H,2-11,20-22H2,1H3,(H,37,38). The monoisotopic (exact) mass is 545 g/mol. The number of aromatic nitrogens is 2. The fraction of sp³-hybridized carbons (Fsp3) is 0.500. The summed E-state index contributed by atoms with van der Waals surface area (Å²) in [6.07, 6.45) is 7.61. The maximum absolute atomic E-state index is 12.8. The second-order valence-electron chi connectivity index (χ2n) is 10.0. The van der Waals surface area contributed by atoms with E-state index in [1.54, 1.807) is 4.90 Å². The quantitative estimate of drug-likeness (QED) is 0.174. The van der Waals surface area contributed by atoms with Gasteiger partial charge in [-0.05, 0) is 29.7 Å². The third-order valence-electron chi connectivity index (χ3n) is 6.63. The van der Waals surface area contributed by atoms with Crippen LogP contribution in [0.25, 0.3) is 11.4 Å². The van der Waals surface area contributed by atoms with Crippen LogP contribution < -0.4 is 0 Å². The Balaban J connectivity index is 1.49. The first kappa shape index (κ1) is 30.3. The van der Waals surface area contributed by atoms with Gasteiger partial charge in [0.05, 0.1) is 12.1 Å². The zero-order valence-electron chi connectivity index (χ0n) is 22.6. The number of hydrogen-bond acceptors (Lipinski definition) is 5. The molecule has 0 aliphatic heterocycles. The van der Waals surface area contributed by atoms with Crippen molar-refractivity contribution in [1.29, 1.82) is 0 Å². The molecule has 0 bridgehead atoms. The third kappa shape index (κ3) is 10.8. The predicted molar refractivity (Wildman–Crippen MR) is 144 cm³/mol. The molecular weight excluding hydrogens is 507 g/mol. The molecule has 0 atom stereocenters. The zero-order chi connectivity index (χ0) is 28.1. The van der Waals surface area contributed by atoms with E-state index < -0.39 is 17.7 Å². The molecule has 0 spiro atoms. The molecule has 1 heterocycles. The van der Waals surface area contributed by atoms with Crippen molar-refractivity contribution in [3.05, 3.63) is 71.1 Å². The lowest BCUT2D eigenvalue weighted by Crippen LogP contribution is -2.29. The highest BCUT2D eigenvalue weighted by atomic mass is 19.4. The van der Waals surface area contributed by atoms with Gasteiger partial charge in [0.25, 0.3) is 0 Å². The van der Waals surface area contributed by atoms with Crippen LogP contribution in [0.15, 0.2) is 53.1 Å². The number of benzene rings is 2. The molecule has 39 heavy (non-hydrogen) atoms. The summed E-state index contributed by atoms with van der Waals surface area (Å²) in [4.78, 5) is 17.6. The Morgan fingerprint density at radius 1 is 0.846 bits per heavy atom. The van der Waals surface area contributed by atoms with Crippen molar-refractivity contribution in [2.45, 2.75) is 90.4 Å². The highest BCUT2D eigenvalue weighted by Gasteiger charge is 2.30. The van der Waals surface area contributed by atoms with Crippen molar-refractivity contribution in [1.82, 2.24) is 15.0 Å². The number of halogens is 3. The summed E-state index contributed by atoms with van der Waals surface area (Å²) in [5, 5.41) is 13.4. The van der Waals surface area contributed by atoms with Crippen LogP contribution in [-0.4, -0.2) is 32.7 Å². The maximum Gasteiger partial charge on any atom is 0.416 e. The van der Waals surface area contributed by atoms with Gasteiger partial charge in [0.1, 0.15) is 0 Å². The fourth-order valence-corrected chi connectivity index (χ4v) is 4.49. The molecule has 0 saturated heterocycles. The molecule has 1 N–H and O–H groups in total. The Kier molecular flexibility index (Phi) is 12.0. The molecule has 0 radical (unpaired) electrons. The maximum atomic E-state index is 12.8. The molecule has 0 unspecified atom stereocenters. The molecule has 1 aromatic heterocycles. The number of alkyl halides is 3. The van der Waals surface area contributed by atoms with E-state index in [1.165, 1.54) is 57.1 Å². The average Bonchev–Trinajstić information content (AvgIpc) is 3.36. The topological polar surface area (TPSA) is 79.5 Å². The Hall–Kier alpha value is -3.20. The van der Waals surface area contributed by atoms with Crippen molar-refractivity contribution in [2.24, 2.45) is 0 Å². The Labute approximate surface area is 228 Å². The number of aryl methyl sites for hydroxylation is 1. The summed E-state index contributed by atoms with van der Waals surface area (Å²) in [7, 11) is 0. The molecule has 3 rings (SSSR count). The minimum absolute atomic E-state index is 0.208. The van der Waals surface area contributed by atoms with Gasteiger partial charge in [-0.3, -0.25) is 9.69 Å². The molecule has 0 aliphatic carbocycles. The van der Waals surface area contributed by atoms with Crippen LogP contribution in [0, 0.1) is 0 Å². The first-order valence-corrected chi connectivity index (χ1v) is 13.8. The average molecular weight is 546 g/mol. The van der Waals surface area contributed by atoms with Gasteiger partial charge in [-0.25, -0.2) is 0 Å². The van der Waals surface area contributed by atoms with E-state index in [0.717, 1.165) is 42.5 Å². The van der Waals surface area contributed by atoms with Crippen molar-refractivity contribution >= 4 is 5.97 Å². The normalized spacial score (nSPS) is 11.8. The molecule has 9 heteroatoms. The summed E-state index contributed by atoms with van der Waals surface area (Å²) in [6, 6.07) is 12.2. The SMILES string of the molecule is CCCCCCCCCCCc1nc(-c2ccc(CN(CC(=O)O)Cc3ccc(C(F)(F)F)cc3)cc2)no1. The van der Waals surface area contributed by atoms with Gasteiger partial charge in [-0.1, -0.05) is 99.8 Å². The van der Waals surface area contributed by atoms with E-state index >= 15 is 0 Å². The molecule has 2 aromatic carbocycles. The lowest BCUT2D eigenvalue weighted by Gasteiger charge is -2.21. The Bertz CT molecular complexity index is 1130. The van der Waals surface area contributed by atoms with Crippen LogP contribution in [0.3, 0.4) is 0 Å². The Morgan fingerprint density at radius 3 is 1.92 bits per heavy atom. The van der Waals surface area contributed by atoms with Gasteiger partial charge < -0.3 is 9.63 Å². The van der Waals surface area contributed by atoms with Gasteiger partial charge >= 0.3 is 12.1 Å². The van der Waals surface area contributed by atoms with Gasteiger partial charge in [0.15, 0.2) is 0 Å². The minimum Gasteiger partial charge on any atom is -0.480 e. The predicted octanol–water partition coefficient (Wildman–Crippen LogP) is 7.92. The van der Waals surface area contributed by atoms with E-state index in [0.29, 0.717) is 23.8 Å². The van der Waals surface area contributed by atoms with Crippen LogP contribution >= 0.6 is 0 Å². The van der Waals surface area contributed by atoms with Gasteiger partial charge in [-0.15, -0.1) is 0 Å². The molecule has 0 saturated carbocycles. The molecule has 6 nitrogen and oxygen atoms in total. The number of carboxylic acids is 1. The summed E-state index contributed by atoms with van der Waals surface area (Å²) in [5.74, 6) is 0.130. The largest absolute Gasteiger partial charge is 0.480 e. The number of nitrogens with zero attached hydrogens (tertiary/aromatic N) is 3. The molecule has 212 valence electrons. The smallest absolute Gasteiger partial charge is 0.416 e. The first-order chi connectivity index (χ1) is 18.7. The molecule has 0 amide bonds. The summed E-state index contributed by atoms with van der Waals surface area (Å²) in [6.45, 7) is 2.52. The van der Waals surface area contributed by atoms with E-state index in [2.05, 4.69) is 17.1 Å². The van der Waals surface area contributed by atoms with E-state index in [1.807, 2.05) is 24.3 Å². The number of hydrogen-bond donors (Lipinski definition) is 1. The minimum atomic E-state index is -4.41. The van der Waals surface area contributed by atoms with Gasteiger partial charge in [0, 0.05) is 25.1 Å². The molecule has 0 aliphatic rings. The van der Waals surface area contributed by atoms with Gasteiger partial charge in [-0.2, -0.15) is 18.2 Å². The number of unbranched alkanes of at least 4 members (excludes halogenated alkanes) is 8. The summed E-state index contributed by atoms with van der Waals surface area (Å²) < 4.78 is 43.9. The molecule has 3 aromatic rings. The number of aliphatic carboxylic acids is 1. The fourth-order valence-electron chi connectivity index (χ4n) is 4.49. The van der Waals surface area contributed by atoms with Gasteiger partial charge in [0.2, 0.25) is 11.7 Å². The number of rotatable bonds is 17. The van der Waals surface area contributed by atoms with Crippen LogP contribution in [-0.2, 0) is 30.5 Å². The number of carbonyl (C=O) groups is 1. The van der Waals surface area contributed by atoms with Crippen molar-refractivity contribution < 1.29 is 27.6 Å². The van der Waals surface area contributed by atoms with Crippen molar-refractivity contribution in [3.8, 4) is 11.4 Å². The second kappa shape index (κ2) is 15.4. The first-order valence-electron chi connectivity index (χ1n) is 13.8. The second-order valence-corrected chi connectivity index (χ2v) is 10.0. The van der Waals surface area contributed by atoms with E-state index in [-0.39, 0.29) is 13.1 Å². The third-order valence-corrected chi connectivity index (χ3v) is 6.63. The van der Waals surface area contributed by atoms with E-state index in [9.17, 15) is 23.1 Å². The highest BCUT2D eigenvalue weighted by molar-refractivity contribution is 5.69. The van der Waals surface area contributed by atoms with Crippen LogP contribution in [0.1, 0.15) is 87.3 Å². The number of carboxylic acid groups (broad SMARTS) is 1. The van der Waals surface area contributed by atoms with Crippen molar-refractivity contribution in [3.63, 3.8) is 0 Å². The van der Waals surface area contributed by atoms with E-state index in [4.69, 9.17) is 4.52 Å². The molecular formula is C30H38F3N3O3. The summed E-state index contributed by atoms with van der Waals surface area (Å²) in [5.41, 5.74) is 1.54. The lowest BCUT2D eigenvalue weighted by atomic mass is 10.1. The van der Waals surface area contributed by atoms with Crippen LogP contribution in [0.4, 0.5) is 13.2 Å². The van der Waals surface area contributed by atoms with Crippen LogP contribution in [0.5, 0.6) is 0 Å². The molecule has 0 fully saturated rings. The highest BCUT2D eigenvalue weighted by Crippen LogP contribution is 2.29. The van der Waals surface area contributed by atoms with Crippen molar-refractivity contribution in [2.75, 3.05) is 6.54 Å². The lowest BCUT2D eigenvalue weighted by molar-refractivity contribution is -0.139. The van der Waals surface area contributed by atoms with Crippen LogP contribution in [0.2, 0.25) is 0 Å². The Morgan fingerprint density at radius 2 is 1.38 bits per heavy atom. The zero-order valence-corrected chi connectivity index (χ0v) is 22.6. The summed E-state index contributed by atoms with van der Waals surface area (Å²) >= 11 is 0.